The third-order valence-electron chi connectivity index (χ3n) is 6.08. The third-order valence-corrected chi connectivity index (χ3v) is 6.36. The standard InChI is InChI=1S/C25H25ClN4O2/c26-23-22-24(28-17-27-23)30(18-29-22)21-11-25(12-21,15-31-13-19-7-3-1-4-8-19)16-32-14-20-9-5-2-6-10-20/h1-10,17-18,21H,11-16H2. The summed E-state index contributed by atoms with van der Waals surface area (Å²) in [7, 11) is 0. The quantitative estimate of drug-likeness (QED) is 0.328. The predicted molar refractivity (Wildman–Crippen MR) is 123 cm³/mol. The van der Waals surface area contributed by atoms with Crippen molar-refractivity contribution in [2.45, 2.75) is 32.1 Å². The monoisotopic (exact) mass is 448 g/mol. The summed E-state index contributed by atoms with van der Waals surface area (Å²) in [6.45, 7) is 2.50. The van der Waals surface area contributed by atoms with Gasteiger partial charge in [-0.1, -0.05) is 72.3 Å². The van der Waals surface area contributed by atoms with Crippen LogP contribution in [-0.2, 0) is 22.7 Å². The summed E-state index contributed by atoms with van der Waals surface area (Å²) < 4.78 is 14.4. The maximum absolute atomic E-state index is 6.18. The summed E-state index contributed by atoms with van der Waals surface area (Å²) >= 11 is 6.18. The van der Waals surface area contributed by atoms with Gasteiger partial charge in [-0.15, -0.1) is 0 Å². The molecule has 1 aliphatic carbocycles. The zero-order chi connectivity index (χ0) is 21.8. The van der Waals surface area contributed by atoms with Crippen LogP contribution in [0.2, 0.25) is 5.15 Å². The minimum absolute atomic E-state index is 0.0400. The molecule has 0 saturated heterocycles. The van der Waals surface area contributed by atoms with Crippen molar-refractivity contribution >= 4 is 22.8 Å². The molecule has 0 atom stereocenters. The van der Waals surface area contributed by atoms with E-state index in [0.29, 0.717) is 37.1 Å². The fourth-order valence-corrected chi connectivity index (χ4v) is 4.60. The van der Waals surface area contributed by atoms with E-state index >= 15 is 0 Å². The van der Waals surface area contributed by atoms with Gasteiger partial charge in [0.25, 0.3) is 0 Å². The molecule has 32 heavy (non-hydrogen) atoms. The smallest absolute Gasteiger partial charge is 0.165 e. The molecule has 0 radical (unpaired) electrons. The highest BCUT2D eigenvalue weighted by Gasteiger charge is 2.46. The second kappa shape index (κ2) is 9.36. The minimum atomic E-state index is -0.0400. The molecular weight excluding hydrogens is 424 g/mol. The van der Waals surface area contributed by atoms with Crippen LogP contribution in [0.5, 0.6) is 0 Å². The summed E-state index contributed by atoms with van der Waals surface area (Å²) in [5, 5.41) is 0.386. The summed E-state index contributed by atoms with van der Waals surface area (Å²) in [5.41, 5.74) is 3.74. The van der Waals surface area contributed by atoms with Gasteiger partial charge in [-0.3, -0.25) is 0 Å². The molecule has 2 aromatic carbocycles. The Labute approximate surface area is 192 Å². The maximum Gasteiger partial charge on any atom is 0.165 e. The van der Waals surface area contributed by atoms with Gasteiger partial charge in [0.05, 0.1) is 32.8 Å². The molecule has 0 spiro atoms. The van der Waals surface area contributed by atoms with Crippen LogP contribution in [0.1, 0.15) is 30.0 Å². The van der Waals surface area contributed by atoms with Gasteiger partial charge < -0.3 is 14.0 Å². The topological polar surface area (TPSA) is 62.1 Å². The number of hydrogen-bond acceptors (Lipinski definition) is 5. The molecule has 0 amide bonds. The Hall–Kier alpha value is -2.80. The Balaban J connectivity index is 1.26. The fourth-order valence-electron chi connectivity index (χ4n) is 4.42. The Bertz CT molecular complexity index is 1110. The average molecular weight is 449 g/mol. The number of ether oxygens (including phenoxy) is 2. The number of aromatic nitrogens is 4. The highest BCUT2D eigenvalue weighted by Crippen LogP contribution is 2.50. The molecule has 1 aliphatic rings. The molecule has 2 heterocycles. The van der Waals surface area contributed by atoms with Crippen LogP contribution in [0.4, 0.5) is 0 Å². The van der Waals surface area contributed by atoms with Gasteiger partial charge in [-0.05, 0) is 24.0 Å². The van der Waals surface area contributed by atoms with E-state index in [1.165, 1.54) is 17.5 Å². The lowest BCUT2D eigenvalue weighted by atomic mass is 9.66. The predicted octanol–water partition coefficient (Wildman–Crippen LogP) is 5.23. The molecule has 7 heteroatoms. The van der Waals surface area contributed by atoms with E-state index in [0.717, 1.165) is 18.5 Å². The SMILES string of the molecule is Clc1ncnc2c1ncn2C1CC(COCc2ccccc2)(COCc2ccccc2)C1. The number of hydrogen-bond donors (Lipinski definition) is 0. The highest BCUT2D eigenvalue weighted by atomic mass is 35.5. The van der Waals surface area contributed by atoms with E-state index in [1.807, 2.05) is 42.7 Å². The molecular formula is C25H25ClN4O2. The van der Waals surface area contributed by atoms with Crippen molar-refractivity contribution < 1.29 is 9.47 Å². The van der Waals surface area contributed by atoms with Gasteiger partial charge in [0.15, 0.2) is 10.8 Å². The maximum atomic E-state index is 6.18. The van der Waals surface area contributed by atoms with Gasteiger partial charge in [-0.25, -0.2) is 15.0 Å². The van der Waals surface area contributed by atoms with Crippen molar-refractivity contribution in [3.8, 4) is 0 Å². The summed E-state index contributed by atoms with van der Waals surface area (Å²) in [6, 6.07) is 20.8. The zero-order valence-corrected chi connectivity index (χ0v) is 18.5. The molecule has 0 N–H and O–H groups in total. The average Bonchev–Trinajstić information content (AvgIpc) is 3.23. The highest BCUT2D eigenvalue weighted by molar-refractivity contribution is 6.33. The van der Waals surface area contributed by atoms with Crippen LogP contribution in [0.3, 0.4) is 0 Å². The lowest BCUT2D eigenvalue weighted by Gasteiger charge is -2.47. The molecule has 1 fully saturated rings. The number of benzene rings is 2. The number of rotatable bonds is 9. The van der Waals surface area contributed by atoms with Gasteiger partial charge >= 0.3 is 0 Å². The van der Waals surface area contributed by atoms with Gasteiger partial charge in [0.1, 0.15) is 11.8 Å². The lowest BCUT2D eigenvalue weighted by molar-refractivity contribution is -0.0951. The largest absolute Gasteiger partial charge is 0.376 e. The summed E-state index contributed by atoms with van der Waals surface area (Å²) in [6.07, 6.45) is 5.17. The Morgan fingerprint density at radius 2 is 1.44 bits per heavy atom. The first-order valence-corrected chi connectivity index (χ1v) is 11.2. The third kappa shape index (κ3) is 4.53. The Morgan fingerprint density at radius 1 is 0.844 bits per heavy atom. The van der Waals surface area contributed by atoms with Crippen molar-refractivity contribution in [1.29, 1.82) is 0 Å². The van der Waals surface area contributed by atoms with Crippen molar-refractivity contribution in [2.24, 2.45) is 5.41 Å². The van der Waals surface area contributed by atoms with Crippen LogP contribution < -0.4 is 0 Å². The van der Waals surface area contributed by atoms with E-state index in [1.54, 1.807) is 0 Å². The van der Waals surface area contributed by atoms with E-state index in [4.69, 9.17) is 21.1 Å². The van der Waals surface area contributed by atoms with E-state index in [2.05, 4.69) is 43.8 Å². The second-order valence-corrected chi connectivity index (χ2v) is 8.87. The van der Waals surface area contributed by atoms with Crippen molar-refractivity contribution in [2.75, 3.05) is 13.2 Å². The summed E-state index contributed by atoms with van der Waals surface area (Å²) in [5.74, 6) is 0. The number of imidazole rings is 1. The van der Waals surface area contributed by atoms with Crippen LogP contribution in [-0.4, -0.2) is 32.7 Å². The molecule has 164 valence electrons. The molecule has 0 bridgehead atoms. The lowest BCUT2D eigenvalue weighted by Crippen LogP contribution is -2.45. The normalized spacial score (nSPS) is 15.7. The minimum Gasteiger partial charge on any atom is -0.376 e. The van der Waals surface area contributed by atoms with Crippen LogP contribution >= 0.6 is 11.6 Å². The Kier molecular flexibility index (Phi) is 6.17. The first kappa shape index (κ1) is 21.1. The molecule has 2 aromatic heterocycles. The van der Waals surface area contributed by atoms with Gasteiger partial charge in [-0.2, -0.15) is 0 Å². The van der Waals surface area contributed by atoms with E-state index in [9.17, 15) is 0 Å². The molecule has 0 unspecified atom stereocenters. The Morgan fingerprint density at radius 3 is 2.03 bits per heavy atom. The van der Waals surface area contributed by atoms with Gasteiger partial charge in [0.2, 0.25) is 0 Å². The number of halogens is 1. The molecule has 4 aromatic rings. The first-order chi connectivity index (χ1) is 15.7. The van der Waals surface area contributed by atoms with Crippen molar-refractivity contribution in [3.63, 3.8) is 0 Å². The number of fused-ring (bicyclic) bond motifs is 1. The first-order valence-electron chi connectivity index (χ1n) is 10.8. The van der Waals surface area contributed by atoms with Crippen molar-refractivity contribution in [1.82, 2.24) is 19.5 Å². The molecule has 1 saturated carbocycles. The summed E-state index contributed by atoms with van der Waals surface area (Å²) in [4.78, 5) is 12.8. The second-order valence-electron chi connectivity index (χ2n) is 8.51. The zero-order valence-electron chi connectivity index (χ0n) is 17.7. The molecule has 5 rings (SSSR count). The van der Waals surface area contributed by atoms with E-state index in [-0.39, 0.29) is 11.5 Å². The van der Waals surface area contributed by atoms with Gasteiger partial charge in [0, 0.05) is 11.5 Å². The van der Waals surface area contributed by atoms with Crippen molar-refractivity contribution in [3.05, 3.63) is 89.6 Å². The van der Waals surface area contributed by atoms with Crippen LogP contribution in [0.15, 0.2) is 73.3 Å². The number of nitrogens with zero attached hydrogens (tertiary/aromatic N) is 4. The molecule has 0 aliphatic heterocycles. The fraction of sp³-hybridized carbons (Fsp3) is 0.320. The molecule has 6 nitrogen and oxygen atoms in total. The van der Waals surface area contributed by atoms with E-state index < -0.39 is 0 Å². The van der Waals surface area contributed by atoms with Crippen LogP contribution in [0, 0.1) is 5.41 Å². The van der Waals surface area contributed by atoms with Crippen LogP contribution in [0.25, 0.3) is 11.2 Å².